The fraction of sp³-hybridized carbons (Fsp3) is 0.647. The molecule has 0 aliphatic carbocycles. The summed E-state index contributed by atoms with van der Waals surface area (Å²) < 4.78 is 10.7. The maximum atomic E-state index is 12.2. The lowest BCUT2D eigenvalue weighted by Gasteiger charge is -2.46. The van der Waals surface area contributed by atoms with Crippen LogP contribution < -0.4 is 4.90 Å². The molecule has 2 unspecified atom stereocenters. The van der Waals surface area contributed by atoms with Crippen LogP contribution in [0.1, 0.15) is 19.8 Å². The van der Waals surface area contributed by atoms with Crippen molar-refractivity contribution in [3.63, 3.8) is 0 Å². The summed E-state index contributed by atoms with van der Waals surface area (Å²) in [6.45, 7) is 6.49. The van der Waals surface area contributed by atoms with Crippen LogP contribution in [0.2, 0.25) is 0 Å². The minimum Gasteiger partial charge on any atom is -0.466 e. The van der Waals surface area contributed by atoms with Gasteiger partial charge in [-0.3, -0.25) is 14.7 Å². The maximum absolute atomic E-state index is 12.2. The van der Waals surface area contributed by atoms with Crippen molar-refractivity contribution in [2.24, 2.45) is 5.92 Å². The predicted octanol–water partition coefficient (Wildman–Crippen LogP) is 1.52. The molecule has 3 rings (SSSR count). The molecule has 0 aromatic carbocycles. The summed E-state index contributed by atoms with van der Waals surface area (Å²) in [5.74, 6) is -0.0685. The summed E-state index contributed by atoms with van der Waals surface area (Å²) in [6, 6.07) is 4.08. The number of esters is 1. The van der Waals surface area contributed by atoms with Gasteiger partial charge in [-0.15, -0.1) is 0 Å². The molecule has 0 spiro atoms. The average molecular weight is 319 g/mol. The van der Waals surface area contributed by atoms with Gasteiger partial charge in [0.25, 0.3) is 0 Å². The van der Waals surface area contributed by atoms with E-state index >= 15 is 0 Å². The molecule has 126 valence electrons. The fourth-order valence-corrected chi connectivity index (χ4v) is 3.48. The molecule has 2 fully saturated rings. The van der Waals surface area contributed by atoms with Crippen LogP contribution >= 0.6 is 0 Å². The average Bonchev–Trinajstić information content (AvgIpc) is 2.63. The van der Waals surface area contributed by atoms with Crippen molar-refractivity contribution in [1.29, 1.82) is 0 Å². The summed E-state index contributed by atoms with van der Waals surface area (Å²) in [7, 11) is 0. The Kier molecular flexibility index (Phi) is 5.46. The molecule has 23 heavy (non-hydrogen) atoms. The number of ether oxygens (including phenoxy) is 2. The van der Waals surface area contributed by atoms with Crippen molar-refractivity contribution in [3.05, 3.63) is 24.5 Å². The molecule has 2 aliphatic rings. The highest BCUT2D eigenvalue weighted by Crippen LogP contribution is 2.30. The Morgan fingerprint density at radius 3 is 2.74 bits per heavy atom. The Hall–Kier alpha value is -1.66. The molecule has 2 atom stereocenters. The van der Waals surface area contributed by atoms with E-state index in [0.29, 0.717) is 6.61 Å². The monoisotopic (exact) mass is 319 g/mol. The molecule has 0 radical (unpaired) electrons. The number of anilines is 1. The van der Waals surface area contributed by atoms with Gasteiger partial charge < -0.3 is 14.4 Å². The van der Waals surface area contributed by atoms with E-state index in [1.54, 1.807) is 0 Å². The van der Waals surface area contributed by atoms with E-state index in [9.17, 15) is 4.79 Å². The first-order valence-electron chi connectivity index (χ1n) is 8.44. The Balaban J connectivity index is 1.77. The number of rotatable bonds is 4. The number of nitrogens with zero attached hydrogens (tertiary/aromatic N) is 3. The van der Waals surface area contributed by atoms with Crippen LogP contribution in [-0.4, -0.2) is 61.5 Å². The van der Waals surface area contributed by atoms with Crippen LogP contribution in [0.15, 0.2) is 24.5 Å². The molecule has 0 saturated carbocycles. The molecule has 1 aromatic heterocycles. The van der Waals surface area contributed by atoms with E-state index in [-0.39, 0.29) is 18.1 Å². The van der Waals surface area contributed by atoms with Gasteiger partial charge in [-0.05, 0) is 31.9 Å². The highest BCUT2D eigenvalue weighted by atomic mass is 16.5. The van der Waals surface area contributed by atoms with Crippen molar-refractivity contribution >= 4 is 11.7 Å². The highest BCUT2D eigenvalue weighted by molar-refractivity contribution is 5.73. The summed E-state index contributed by atoms with van der Waals surface area (Å²) >= 11 is 0. The van der Waals surface area contributed by atoms with Crippen molar-refractivity contribution in [1.82, 2.24) is 9.88 Å². The molecule has 6 nitrogen and oxygen atoms in total. The number of aromatic nitrogens is 1. The largest absolute Gasteiger partial charge is 0.466 e. The van der Waals surface area contributed by atoms with Gasteiger partial charge in [0.05, 0.1) is 31.9 Å². The van der Waals surface area contributed by atoms with E-state index in [0.717, 1.165) is 45.7 Å². The highest BCUT2D eigenvalue weighted by Gasteiger charge is 2.36. The number of morpholine rings is 1. The van der Waals surface area contributed by atoms with E-state index in [2.05, 4.69) is 14.8 Å². The third kappa shape index (κ3) is 3.82. The van der Waals surface area contributed by atoms with Gasteiger partial charge in [-0.1, -0.05) is 0 Å². The zero-order valence-electron chi connectivity index (χ0n) is 13.7. The van der Waals surface area contributed by atoms with Gasteiger partial charge in [-0.2, -0.15) is 0 Å². The van der Waals surface area contributed by atoms with Crippen molar-refractivity contribution in [2.45, 2.75) is 25.9 Å². The van der Waals surface area contributed by atoms with Gasteiger partial charge in [0.1, 0.15) is 0 Å². The van der Waals surface area contributed by atoms with Crippen LogP contribution in [0.4, 0.5) is 5.69 Å². The molecule has 1 aromatic rings. The summed E-state index contributed by atoms with van der Waals surface area (Å²) in [6.07, 6.45) is 5.50. The molecule has 3 heterocycles. The van der Waals surface area contributed by atoms with E-state index in [1.165, 1.54) is 5.69 Å². The molecule has 0 bridgehead atoms. The van der Waals surface area contributed by atoms with Gasteiger partial charge in [-0.25, -0.2) is 0 Å². The van der Waals surface area contributed by atoms with Crippen LogP contribution in [0.5, 0.6) is 0 Å². The third-order valence-electron chi connectivity index (χ3n) is 4.66. The van der Waals surface area contributed by atoms with Gasteiger partial charge in [0, 0.05) is 37.7 Å². The number of pyridine rings is 1. The Bertz CT molecular complexity index is 505. The number of piperidine rings is 1. The fourth-order valence-electron chi connectivity index (χ4n) is 3.48. The van der Waals surface area contributed by atoms with Crippen molar-refractivity contribution in [3.8, 4) is 0 Å². The zero-order chi connectivity index (χ0) is 16.1. The summed E-state index contributed by atoms with van der Waals surface area (Å²) in [5, 5.41) is 0. The van der Waals surface area contributed by atoms with Gasteiger partial charge in [0.2, 0.25) is 0 Å². The van der Waals surface area contributed by atoms with E-state index in [1.807, 2.05) is 31.5 Å². The normalized spacial score (nSPS) is 26.0. The molecule has 2 saturated heterocycles. The van der Waals surface area contributed by atoms with Crippen molar-refractivity contribution < 1.29 is 14.3 Å². The molecule has 6 heteroatoms. The van der Waals surface area contributed by atoms with E-state index in [4.69, 9.17) is 9.47 Å². The first-order chi connectivity index (χ1) is 11.3. The molecule has 2 aliphatic heterocycles. The molecule has 0 amide bonds. The Morgan fingerprint density at radius 1 is 1.30 bits per heavy atom. The SMILES string of the molecule is CCOC(=O)C1CCN(c2ccncc2)C(N2CCOCC2)C1. The quantitative estimate of drug-likeness (QED) is 0.784. The zero-order valence-corrected chi connectivity index (χ0v) is 13.7. The number of carbonyl (C=O) groups excluding carboxylic acids is 1. The first-order valence-corrected chi connectivity index (χ1v) is 8.44. The van der Waals surface area contributed by atoms with Crippen LogP contribution in [0, 0.1) is 5.92 Å². The second-order valence-electron chi connectivity index (χ2n) is 6.00. The molecule has 0 N–H and O–H groups in total. The molecular weight excluding hydrogens is 294 g/mol. The molecular formula is C17H25N3O3. The lowest BCUT2D eigenvalue weighted by Crippen LogP contribution is -2.56. The van der Waals surface area contributed by atoms with Crippen LogP contribution in [0.25, 0.3) is 0 Å². The lowest BCUT2D eigenvalue weighted by atomic mass is 9.93. The second-order valence-corrected chi connectivity index (χ2v) is 6.00. The number of carbonyl (C=O) groups is 1. The smallest absolute Gasteiger partial charge is 0.309 e. The minimum absolute atomic E-state index is 0.0131. The van der Waals surface area contributed by atoms with Gasteiger partial charge >= 0.3 is 5.97 Å². The minimum atomic E-state index is -0.0554. The topological polar surface area (TPSA) is 54.9 Å². The summed E-state index contributed by atoms with van der Waals surface area (Å²) in [5.41, 5.74) is 1.17. The van der Waals surface area contributed by atoms with E-state index < -0.39 is 0 Å². The maximum Gasteiger partial charge on any atom is 0.309 e. The summed E-state index contributed by atoms with van der Waals surface area (Å²) in [4.78, 5) is 21.1. The lowest BCUT2D eigenvalue weighted by molar-refractivity contribution is -0.149. The Labute approximate surface area is 137 Å². The number of hydrogen-bond donors (Lipinski definition) is 0. The van der Waals surface area contributed by atoms with Gasteiger partial charge in [0.15, 0.2) is 0 Å². The second kappa shape index (κ2) is 7.75. The van der Waals surface area contributed by atoms with Crippen LogP contribution in [-0.2, 0) is 14.3 Å². The van der Waals surface area contributed by atoms with Crippen LogP contribution in [0.3, 0.4) is 0 Å². The Morgan fingerprint density at radius 2 is 2.04 bits per heavy atom. The number of hydrogen-bond acceptors (Lipinski definition) is 6. The van der Waals surface area contributed by atoms with Crippen molar-refractivity contribution in [2.75, 3.05) is 44.4 Å². The third-order valence-corrected chi connectivity index (χ3v) is 4.66. The first kappa shape index (κ1) is 16.2. The predicted molar refractivity (Wildman–Crippen MR) is 87.1 cm³/mol. The standard InChI is InChI=1S/C17H25N3O3/c1-2-23-17(21)14-5-8-20(15-3-6-18-7-4-15)16(13-14)19-9-11-22-12-10-19/h3-4,6-7,14,16H,2,5,8-13H2,1H3.